The summed E-state index contributed by atoms with van der Waals surface area (Å²) >= 11 is 0. The summed E-state index contributed by atoms with van der Waals surface area (Å²) in [5, 5.41) is 0. The Morgan fingerprint density at radius 2 is 1.50 bits per heavy atom. The summed E-state index contributed by atoms with van der Waals surface area (Å²) in [4.78, 5) is 25.1. The number of hydrogen-bond acceptors (Lipinski definition) is 4. The molecular formula is C13H25NO4. The molecule has 0 radical (unpaired) electrons. The number of ether oxygens (including phenoxy) is 2. The Hall–Kier alpha value is -1.26. The zero-order valence-electron chi connectivity index (χ0n) is 12.7. The molecule has 18 heavy (non-hydrogen) atoms. The fraction of sp³-hybridized carbons (Fsp3) is 0.846. The van der Waals surface area contributed by atoms with Crippen molar-refractivity contribution in [2.75, 3.05) is 14.2 Å². The fourth-order valence-corrected chi connectivity index (χ4v) is 1.64. The maximum atomic E-state index is 12.0. The Labute approximate surface area is 109 Å². The van der Waals surface area contributed by atoms with E-state index in [1.165, 1.54) is 12.0 Å². The van der Waals surface area contributed by atoms with E-state index in [4.69, 9.17) is 9.47 Å². The van der Waals surface area contributed by atoms with Crippen molar-refractivity contribution in [3.8, 4) is 0 Å². The van der Waals surface area contributed by atoms with Crippen LogP contribution in [0.5, 0.6) is 0 Å². The largest absolute Gasteiger partial charge is 0.467 e. The second kappa shape index (κ2) is 5.59. The number of amides is 1. The van der Waals surface area contributed by atoms with Crippen LogP contribution in [-0.4, -0.2) is 42.8 Å². The lowest BCUT2D eigenvalue weighted by Crippen LogP contribution is -2.51. The van der Waals surface area contributed by atoms with Gasteiger partial charge in [0.25, 0.3) is 0 Å². The molecule has 0 spiro atoms. The zero-order valence-corrected chi connectivity index (χ0v) is 12.7. The topological polar surface area (TPSA) is 55.8 Å². The normalized spacial score (nSPS) is 13.8. The van der Waals surface area contributed by atoms with E-state index in [9.17, 15) is 9.59 Å². The first-order chi connectivity index (χ1) is 7.90. The molecule has 0 rings (SSSR count). The van der Waals surface area contributed by atoms with Crippen molar-refractivity contribution in [2.24, 2.45) is 5.41 Å². The first-order valence-electron chi connectivity index (χ1n) is 5.94. The molecule has 0 fully saturated rings. The standard InChI is InChI=1S/C13H25NO4/c1-12(2,3)9(10(15)17-8)14(7)11(16)18-13(4,5)6/h9H,1-8H3/t9-/m0/s1. The molecule has 0 aliphatic rings. The van der Waals surface area contributed by atoms with Gasteiger partial charge in [-0.1, -0.05) is 20.8 Å². The van der Waals surface area contributed by atoms with Gasteiger partial charge in [-0.25, -0.2) is 9.59 Å². The van der Waals surface area contributed by atoms with Crippen LogP contribution >= 0.6 is 0 Å². The van der Waals surface area contributed by atoms with E-state index >= 15 is 0 Å². The first kappa shape index (κ1) is 16.7. The maximum Gasteiger partial charge on any atom is 0.410 e. The van der Waals surface area contributed by atoms with Gasteiger partial charge in [-0.2, -0.15) is 0 Å². The minimum atomic E-state index is -0.683. The Morgan fingerprint density at radius 3 is 1.78 bits per heavy atom. The van der Waals surface area contributed by atoms with Gasteiger partial charge < -0.3 is 9.47 Å². The highest BCUT2D eigenvalue weighted by atomic mass is 16.6. The van der Waals surface area contributed by atoms with Crippen LogP contribution in [0, 0.1) is 5.41 Å². The summed E-state index contributed by atoms with van der Waals surface area (Å²) in [5.41, 5.74) is -1.03. The van der Waals surface area contributed by atoms with Crippen molar-refractivity contribution in [1.29, 1.82) is 0 Å². The quantitative estimate of drug-likeness (QED) is 0.715. The lowest BCUT2D eigenvalue weighted by molar-refractivity contribution is -0.150. The molecule has 1 atom stereocenters. The third-order valence-electron chi connectivity index (χ3n) is 2.31. The Morgan fingerprint density at radius 1 is 1.06 bits per heavy atom. The van der Waals surface area contributed by atoms with Crippen LogP contribution in [0.1, 0.15) is 41.5 Å². The highest BCUT2D eigenvalue weighted by Crippen LogP contribution is 2.26. The first-order valence-corrected chi connectivity index (χ1v) is 5.94. The molecule has 0 aromatic rings. The molecule has 0 aromatic heterocycles. The zero-order chi connectivity index (χ0) is 14.7. The second-order valence-corrected chi connectivity index (χ2v) is 6.38. The van der Waals surface area contributed by atoms with Crippen LogP contribution < -0.4 is 0 Å². The fourth-order valence-electron chi connectivity index (χ4n) is 1.64. The van der Waals surface area contributed by atoms with Gasteiger partial charge in [-0.3, -0.25) is 4.90 Å². The minimum absolute atomic E-state index is 0.432. The number of carbonyl (C=O) groups is 2. The van der Waals surface area contributed by atoms with Crippen molar-refractivity contribution in [3.05, 3.63) is 0 Å². The van der Waals surface area contributed by atoms with Crippen molar-refractivity contribution in [3.63, 3.8) is 0 Å². The summed E-state index contributed by atoms with van der Waals surface area (Å²) in [6, 6.07) is -0.683. The van der Waals surface area contributed by atoms with Crippen molar-refractivity contribution in [2.45, 2.75) is 53.2 Å². The van der Waals surface area contributed by atoms with E-state index < -0.39 is 29.1 Å². The van der Waals surface area contributed by atoms with Gasteiger partial charge in [0.2, 0.25) is 0 Å². The third kappa shape index (κ3) is 4.94. The maximum absolute atomic E-state index is 12.0. The molecule has 0 saturated heterocycles. The van der Waals surface area contributed by atoms with Crippen LogP contribution in [0.2, 0.25) is 0 Å². The molecule has 0 saturated carbocycles. The summed E-state index contributed by atoms with van der Waals surface area (Å²) < 4.78 is 10.0. The predicted octanol–water partition coefficient (Wildman–Crippen LogP) is 2.44. The Kier molecular flexibility index (Phi) is 5.20. The van der Waals surface area contributed by atoms with Crippen LogP contribution in [0.3, 0.4) is 0 Å². The molecule has 0 N–H and O–H groups in total. The van der Waals surface area contributed by atoms with Crippen molar-refractivity contribution in [1.82, 2.24) is 4.90 Å². The molecule has 1 amide bonds. The number of methoxy groups -OCH3 is 1. The van der Waals surface area contributed by atoms with Crippen LogP contribution in [0.15, 0.2) is 0 Å². The van der Waals surface area contributed by atoms with Crippen LogP contribution in [-0.2, 0) is 14.3 Å². The monoisotopic (exact) mass is 259 g/mol. The SMILES string of the molecule is COC(=O)[C@H](N(C)C(=O)OC(C)(C)C)C(C)(C)C. The van der Waals surface area contributed by atoms with E-state index in [0.29, 0.717) is 0 Å². The number of rotatable bonds is 2. The van der Waals surface area contributed by atoms with Gasteiger partial charge in [0.1, 0.15) is 11.6 Å². The summed E-state index contributed by atoms with van der Waals surface area (Å²) in [5.74, 6) is -0.448. The predicted molar refractivity (Wildman–Crippen MR) is 69.3 cm³/mol. The molecule has 5 nitrogen and oxygen atoms in total. The number of likely N-dealkylation sites (N-methyl/N-ethyl adjacent to an activating group) is 1. The molecule has 0 aromatic carbocycles. The molecule has 0 aliphatic heterocycles. The van der Waals surface area contributed by atoms with Gasteiger partial charge in [0, 0.05) is 7.05 Å². The van der Waals surface area contributed by atoms with E-state index in [-0.39, 0.29) is 0 Å². The van der Waals surface area contributed by atoms with Crippen LogP contribution in [0.4, 0.5) is 4.79 Å². The van der Waals surface area contributed by atoms with Crippen LogP contribution in [0.25, 0.3) is 0 Å². The van der Waals surface area contributed by atoms with E-state index in [0.717, 1.165) is 0 Å². The summed E-state index contributed by atoms with van der Waals surface area (Å²) in [6.07, 6.45) is -0.534. The molecule has 0 aliphatic carbocycles. The number of hydrogen-bond donors (Lipinski definition) is 0. The summed E-state index contributed by atoms with van der Waals surface area (Å²) in [7, 11) is 2.85. The average Bonchev–Trinajstić information content (AvgIpc) is 2.12. The lowest BCUT2D eigenvalue weighted by Gasteiger charge is -2.36. The minimum Gasteiger partial charge on any atom is -0.467 e. The van der Waals surface area contributed by atoms with E-state index in [1.807, 2.05) is 20.8 Å². The molecule has 0 bridgehead atoms. The van der Waals surface area contributed by atoms with Gasteiger partial charge in [0.15, 0.2) is 0 Å². The molecule has 0 unspecified atom stereocenters. The van der Waals surface area contributed by atoms with E-state index in [1.54, 1.807) is 27.8 Å². The molecule has 0 heterocycles. The van der Waals surface area contributed by atoms with Gasteiger partial charge in [-0.05, 0) is 26.2 Å². The van der Waals surface area contributed by atoms with Crippen molar-refractivity contribution < 1.29 is 19.1 Å². The number of carbonyl (C=O) groups excluding carboxylic acids is 2. The Bertz CT molecular complexity index is 312. The van der Waals surface area contributed by atoms with E-state index in [2.05, 4.69) is 0 Å². The molecule has 106 valence electrons. The lowest BCUT2D eigenvalue weighted by atomic mass is 9.86. The van der Waals surface area contributed by atoms with Gasteiger partial charge >= 0.3 is 12.1 Å². The number of nitrogens with zero attached hydrogens (tertiary/aromatic N) is 1. The van der Waals surface area contributed by atoms with Crippen molar-refractivity contribution >= 4 is 12.1 Å². The third-order valence-corrected chi connectivity index (χ3v) is 2.31. The van der Waals surface area contributed by atoms with Gasteiger partial charge in [0.05, 0.1) is 7.11 Å². The molecular weight excluding hydrogens is 234 g/mol. The molecule has 5 heteroatoms. The number of esters is 1. The average molecular weight is 259 g/mol. The van der Waals surface area contributed by atoms with Gasteiger partial charge in [-0.15, -0.1) is 0 Å². The Balaban J connectivity index is 5.04. The smallest absolute Gasteiger partial charge is 0.410 e. The highest BCUT2D eigenvalue weighted by molar-refractivity contribution is 5.82. The highest BCUT2D eigenvalue weighted by Gasteiger charge is 2.39. The summed E-state index contributed by atoms with van der Waals surface area (Å²) in [6.45, 7) is 11.0. The second-order valence-electron chi connectivity index (χ2n) is 6.38.